The third-order valence-electron chi connectivity index (χ3n) is 7.32. The second-order valence-corrected chi connectivity index (χ2v) is 9.61. The molecule has 1 heterocycles. The van der Waals surface area contributed by atoms with Crippen LogP contribution in [0.4, 0.5) is 0 Å². The minimum atomic E-state index is 0.0929. The highest BCUT2D eigenvalue weighted by atomic mass is 16.5. The van der Waals surface area contributed by atoms with E-state index in [1.165, 1.54) is 52.3 Å². The lowest BCUT2D eigenvalue weighted by Gasteiger charge is -2.32. The molecule has 35 heavy (non-hydrogen) atoms. The second-order valence-electron chi connectivity index (χ2n) is 9.61. The SMILES string of the molecule is COc1ccc(C(c2ccc(OC(C)N3CCCCC3)c(C)c2)c2cccc3ccccc23)cc1. The van der Waals surface area contributed by atoms with Crippen molar-refractivity contribution >= 4 is 10.8 Å². The summed E-state index contributed by atoms with van der Waals surface area (Å²) in [6.45, 7) is 6.59. The summed E-state index contributed by atoms with van der Waals surface area (Å²) < 4.78 is 11.9. The van der Waals surface area contributed by atoms with Crippen LogP contribution >= 0.6 is 0 Å². The Kier molecular flexibility index (Phi) is 7.06. The summed E-state index contributed by atoms with van der Waals surface area (Å²) in [5.41, 5.74) is 4.99. The molecule has 0 radical (unpaired) electrons. The van der Waals surface area contributed by atoms with Crippen molar-refractivity contribution in [3.8, 4) is 11.5 Å². The van der Waals surface area contributed by atoms with E-state index in [4.69, 9.17) is 9.47 Å². The van der Waals surface area contributed by atoms with E-state index in [1.54, 1.807) is 7.11 Å². The monoisotopic (exact) mass is 465 g/mol. The van der Waals surface area contributed by atoms with Crippen LogP contribution < -0.4 is 9.47 Å². The first-order valence-electron chi connectivity index (χ1n) is 12.8. The summed E-state index contributed by atoms with van der Waals surface area (Å²) in [5, 5.41) is 2.54. The number of nitrogens with zero attached hydrogens (tertiary/aromatic N) is 1. The molecule has 0 bridgehead atoms. The van der Waals surface area contributed by atoms with E-state index in [0.29, 0.717) is 0 Å². The van der Waals surface area contributed by atoms with Crippen LogP contribution in [0.15, 0.2) is 84.9 Å². The number of aryl methyl sites for hydroxylation is 1. The van der Waals surface area contributed by atoms with Gasteiger partial charge in [-0.05, 0) is 77.9 Å². The van der Waals surface area contributed by atoms with Crippen LogP contribution in [-0.4, -0.2) is 31.3 Å². The molecule has 0 spiro atoms. The quantitative estimate of drug-likeness (QED) is 0.263. The van der Waals surface area contributed by atoms with Gasteiger partial charge in [0.15, 0.2) is 0 Å². The van der Waals surface area contributed by atoms with Crippen LogP contribution in [0, 0.1) is 6.92 Å². The Morgan fingerprint density at radius 2 is 1.49 bits per heavy atom. The van der Waals surface area contributed by atoms with Crippen molar-refractivity contribution in [2.45, 2.75) is 45.3 Å². The number of fused-ring (bicyclic) bond motifs is 1. The Morgan fingerprint density at radius 3 is 2.23 bits per heavy atom. The Balaban J connectivity index is 1.53. The van der Waals surface area contributed by atoms with Crippen molar-refractivity contribution < 1.29 is 9.47 Å². The van der Waals surface area contributed by atoms with Gasteiger partial charge in [0.2, 0.25) is 0 Å². The number of hydrogen-bond acceptors (Lipinski definition) is 3. The summed E-state index contributed by atoms with van der Waals surface area (Å²) in [6.07, 6.45) is 3.95. The molecule has 2 unspecified atom stereocenters. The molecule has 1 saturated heterocycles. The van der Waals surface area contributed by atoms with Gasteiger partial charge in [-0.3, -0.25) is 4.90 Å². The van der Waals surface area contributed by atoms with Crippen molar-refractivity contribution in [1.29, 1.82) is 0 Å². The number of likely N-dealkylation sites (tertiary alicyclic amines) is 1. The first-order valence-corrected chi connectivity index (χ1v) is 12.8. The molecule has 1 fully saturated rings. The molecule has 1 aliphatic rings. The van der Waals surface area contributed by atoms with Gasteiger partial charge in [0, 0.05) is 19.0 Å². The van der Waals surface area contributed by atoms with Gasteiger partial charge >= 0.3 is 0 Å². The first kappa shape index (κ1) is 23.4. The highest BCUT2D eigenvalue weighted by Crippen LogP contribution is 2.38. The van der Waals surface area contributed by atoms with Crippen LogP contribution in [0.3, 0.4) is 0 Å². The molecule has 3 nitrogen and oxygen atoms in total. The highest BCUT2D eigenvalue weighted by Gasteiger charge is 2.22. The fourth-order valence-corrected chi connectivity index (χ4v) is 5.37. The Hall–Kier alpha value is -3.30. The molecule has 3 heteroatoms. The van der Waals surface area contributed by atoms with Gasteiger partial charge in [0.05, 0.1) is 7.11 Å². The predicted octanol–water partition coefficient (Wildman–Crippen LogP) is 7.55. The maximum atomic E-state index is 6.44. The maximum absolute atomic E-state index is 6.44. The normalized spacial score (nSPS) is 16.1. The first-order chi connectivity index (χ1) is 17.1. The average molecular weight is 466 g/mol. The van der Waals surface area contributed by atoms with Crippen molar-refractivity contribution in [2.24, 2.45) is 0 Å². The van der Waals surface area contributed by atoms with E-state index in [1.807, 2.05) is 0 Å². The smallest absolute Gasteiger partial charge is 0.149 e. The number of rotatable bonds is 7. The van der Waals surface area contributed by atoms with Gasteiger partial charge in [0.1, 0.15) is 17.7 Å². The fraction of sp³-hybridized carbons (Fsp3) is 0.312. The van der Waals surface area contributed by atoms with E-state index in [9.17, 15) is 0 Å². The van der Waals surface area contributed by atoms with E-state index < -0.39 is 0 Å². The average Bonchev–Trinajstić information content (AvgIpc) is 2.91. The van der Waals surface area contributed by atoms with E-state index in [2.05, 4.69) is 104 Å². The lowest BCUT2D eigenvalue weighted by molar-refractivity contribution is 0.0257. The molecular formula is C32H35NO2. The molecule has 0 amide bonds. The zero-order chi connectivity index (χ0) is 24.2. The van der Waals surface area contributed by atoms with Gasteiger partial charge in [-0.15, -0.1) is 0 Å². The zero-order valence-corrected chi connectivity index (χ0v) is 21.0. The number of methoxy groups -OCH3 is 1. The summed E-state index contributed by atoms with van der Waals surface area (Å²) in [5.74, 6) is 1.95. The molecule has 0 N–H and O–H groups in total. The number of benzene rings is 4. The molecule has 2 atom stereocenters. The summed E-state index contributed by atoms with van der Waals surface area (Å²) in [7, 11) is 1.71. The highest BCUT2D eigenvalue weighted by molar-refractivity contribution is 5.87. The minimum Gasteiger partial charge on any atom is -0.497 e. The molecule has 0 aliphatic carbocycles. The molecule has 180 valence electrons. The summed E-state index contributed by atoms with van der Waals surface area (Å²) >= 11 is 0. The standard InChI is InChI=1S/C32H35NO2/c1-23-22-27(16-19-31(23)35-24(2)33-20-7-4-8-21-33)32(26-14-17-28(34-3)18-15-26)30-13-9-11-25-10-5-6-12-29(25)30/h5-6,9-19,22,24,32H,4,7-8,20-21H2,1-3H3. The topological polar surface area (TPSA) is 21.7 Å². The number of hydrogen-bond donors (Lipinski definition) is 0. The Labute approximate surface area is 209 Å². The molecular weight excluding hydrogens is 430 g/mol. The van der Waals surface area contributed by atoms with Crippen LogP contribution in [0.2, 0.25) is 0 Å². The van der Waals surface area contributed by atoms with Crippen molar-refractivity contribution in [1.82, 2.24) is 4.90 Å². The van der Waals surface area contributed by atoms with Crippen LogP contribution in [-0.2, 0) is 0 Å². The molecule has 4 aromatic rings. The van der Waals surface area contributed by atoms with Crippen LogP contribution in [0.1, 0.15) is 54.4 Å². The summed E-state index contributed by atoms with van der Waals surface area (Å²) in [6, 6.07) is 30.4. The largest absolute Gasteiger partial charge is 0.497 e. The maximum Gasteiger partial charge on any atom is 0.149 e. The van der Waals surface area contributed by atoms with Crippen LogP contribution in [0.5, 0.6) is 11.5 Å². The molecule has 4 aromatic carbocycles. The lowest BCUT2D eigenvalue weighted by Crippen LogP contribution is -2.40. The Bertz CT molecular complexity index is 1270. The van der Waals surface area contributed by atoms with E-state index in [0.717, 1.165) is 24.6 Å². The van der Waals surface area contributed by atoms with E-state index >= 15 is 0 Å². The van der Waals surface area contributed by atoms with Crippen molar-refractivity contribution in [3.05, 3.63) is 107 Å². The van der Waals surface area contributed by atoms with Crippen LogP contribution in [0.25, 0.3) is 10.8 Å². The van der Waals surface area contributed by atoms with E-state index in [-0.39, 0.29) is 12.1 Å². The molecule has 0 saturated carbocycles. The summed E-state index contributed by atoms with van der Waals surface area (Å²) in [4.78, 5) is 2.45. The minimum absolute atomic E-state index is 0.0929. The van der Waals surface area contributed by atoms with Gasteiger partial charge in [0.25, 0.3) is 0 Å². The lowest BCUT2D eigenvalue weighted by atomic mass is 9.82. The van der Waals surface area contributed by atoms with Gasteiger partial charge in [-0.25, -0.2) is 0 Å². The van der Waals surface area contributed by atoms with Gasteiger partial charge in [-0.2, -0.15) is 0 Å². The van der Waals surface area contributed by atoms with Gasteiger partial charge in [-0.1, -0.05) is 73.2 Å². The third kappa shape index (κ3) is 5.06. The molecule has 5 rings (SSSR count). The molecule has 0 aromatic heterocycles. The van der Waals surface area contributed by atoms with Crippen molar-refractivity contribution in [2.75, 3.05) is 20.2 Å². The zero-order valence-electron chi connectivity index (χ0n) is 21.0. The second kappa shape index (κ2) is 10.5. The van der Waals surface area contributed by atoms with Gasteiger partial charge < -0.3 is 9.47 Å². The number of piperidine rings is 1. The molecule has 1 aliphatic heterocycles. The predicted molar refractivity (Wildman–Crippen MR) is 145 cm³/mol. The fourth-order valence-electron chi connectivity index (χ4n) is 5.37. The number of ether oxygens (including phenoxy) is 2. The Morgan fingerprint density at radius 1 is 0.771 bits per heavy atom. The van der Waals surface area contributed by atoms with Crippen molar-refractivity contribution in [3.63, 3.8) is 0 Å². The third-order valence-corrected chi connectivity index (χ3v) is 7.32.